The second-order valence-electron chi connectivity index (χ2n) is 11.9. The standard InChI is InChI=1S/C27H44O5/c1-5-6-7-24(30)32-16-17(2)27(31)23(29)15-22-20-9-8-18-14-19(28)10-12-25(18,3)21(20)11-13-26(22,27)4/h8,17,19-23,28-29,31H,5-7,9-16H2,1-4H3/t17-,19+,20-,21+,22+,23+,25+,26+,27-/m1/s1. The summed E-state index contributed by atoms with van der Waals surface area (Å²) in [4.78, 5) is 12.1. The molecule has 0 aromatic rings. The molecule has 5 nitrogen and oxygen atoms in total. The second-order valence-corrected chi connectivity index (χ2v) is 11.9. The van der Waals surface area contributed by atoms with E-state index < -0.39 is 17.1 Å². The fourth-order valence-electron chi connectivity index (χ4n) is 8.32. The summed E-state index contributed by atoms with van der Waals surface area (Å²) >= 11 is 0. The number of esters is 1. The minimum atomic E-state index is -1.25. The van der Waals surface area contributed by atoms with E-state index in [-0.39, 0.29) is 35.9 Å². The lowest BCUT2D eigenvalue weighted by Gasteiger charge is -2.59. The summed E-state index contributed by atoms with van der Waals surface area (Å²) in [5, 5.41) is 33.4. The fourth-order valence-corrected chi connectivity index (χ4v) is 8.32. The monoisotopic (exact) mass is 448 g/mol. The first-order chi connectivity index (χ1) is 15.1. The summed E-state index contributed by atoms with van der Waals surface area (Å²) in [6, 6.07) is 0. The van der Waals surface area contributed by atoms with Gasteiger partial charge in [-0.2, -0.15) is 0 Å². The molecule has 4 aliphatic carbocycles. The lowest BCUT2D eigenvalue weighted by Crippen LogP contribution is -2.60. The van der Waals surface area contributed by atoms with Crippen molar-refractivity contribution in [2.75, 3.05) is 6.61 Å². The number of hydrogen-bond donors (Lipinski definition) is 3. The summed E-state index contributed by atoms with van der Waals surface area (Å²) in [5.41, 5.74) is -0.0717. The normalized spacial score (nSPS) is 46.5. The second kappa shape index (κ2) is 8.70. The molecule has 0 spiro atoms. The average molecular weight is 449 g/mol. The zero-order valence-corrected chi connectivity index (χ0v) is 20.5. The average Bonchev–Trinajstić information content (AvgIpc) is 2.98. The van der Waals surface area contributed by atoms with Gasteiger partial charge in [-0.3, -0.25) is 4.79 Å². The molecule has 0 unspecified atom stereocenters. The maximum absolute atomic E-state index is 12.1. The Labute approximate surface area is 193 Å². The highest BCUT2D eigenvalue weighted by Gasteiger charge is 2.68. The Hall–Kier alpha value is -0.910. The van der Waals surface area contributed by atoms with Crippen molar-refractivity contribution >= 4 is 5.97 Å². The van der Waals surface area contributed by atoms with Crippen LogP contribution in [0, 0.1) is 34.5 Å². The molecule has 4 aliphatic rings. The molecule has 9 atom stereocenters. The smallest absolute Gasteiger partial charge is 0.305 e. The molecule has 0 saturated heterocycles. The fraction of sp³-hybridized carbons (Fsp3) is 0.889. The third-order valence-corrected chi connectivity index (χ3v) is 10.3. The maximum Gasteiger partial charge on any atom is 0.305 e. The van der Waals surface area contributed by atoms with E-state index in [0.29, 0.717) is 24.7 Å². The molecule has 3 N–H and O–H groups in total. The van der Waals surface area contributed by atoms with Crippen molar-refractivity contribution in [3.05, 3.63) is 11.6 Å². The molecule has 3 fully saturated rings. The zero-order chi connectivity index (χ0) is 23.3. The van der Waals surface area contributed by atoms with Crippen molar-refractivity contribution in [3.8, 4) is 0 Å². The quantitative estimate of drug-likeness (QED) is 0.415. The lowest BCUT2D eigenvalue weighted by molar-refractivity contribution is -0.191. The lowest BCUT2D eigenvalue weighted by atomic mass is 9.46. The third-order valence-electron chi connectivity index (χ3n) is 10.3. The van der Waals surface area contributed by atoms with Crippen LogP contribution in [-0.4, -0.2) is 45.7 Å². The highest BCUT2D eigenvalue weighted by atomic mass is 16.5. The molecule has 32 heavy (non-hydrogen) atoms. The summed E-state index contributed by atoms with van der Waals surface area (Å²) in [6.45, 7) is 8.70. The Morgan fingerprint density at radius 1 is 1.22 bits per heavy atom. The Morgan fingerprint density at radius 2 is 1.97 bits per heavy atom. The molecule has 0 aromatic heterocycles. The van der Waals surface area contributed by atoms with Crippen LogP contribution < -0.4 is 0 Å². The van der Waals surface area contributed by atoms with Gasteiger partial charge < -0.3 is 20.1 Å². The minimum Gasteiger partial charge on any atom is -0.465 e. The zero-order valence-electron chi connectivity index (χ0n) is 20.5. The predicted octanol–water partition coefficient (Wildman–Crippen LogP) is 4.38. The van der Waals surface area contributed by atoms with Gasteiger partial charge in [-0.25, -0.2) is 0 Å². The molecule has 3 saturated carbocycles. The number of hydrogen-bond acceptors (Lipinski definition) is 5. The number of allylic oxidation sites excluding steroid dienone is 1. The van der Waals surface area contributed by atoms with Gasteiger partial charge in [0.25, 0.3) is 0 Å². The molecule has 182 valence electrons. The van der Waals surface area contributed by atoms with Crippen molar-refractivity contribution in [1.29, 1.82) is 0 Å². The van der Waals surface area contributed by atoms with Gasteiger partial charge in [0.1, 0.15) is 5.60 Å². The molecule has 0 amide bonds. The van der Waals surface area contributed by atoms with Gasteiger partial charge >= 0.3 is 5.97 Å². The summed E-state index contributed by atoms with van der Waals surface area (Å²) < 4.78 is 5.52. The minimum absolute atomic E-state index is 0.134. The van der Waals surface area contributed by atoms with Crippen LogP contribution in [0.5, 0.6) is 0 Å². The van der Waals surface area contributed by atoms with E-state index in [2.05, 4.69) is 19.9 Å². The van der Waals surface area contributed by atoms with E-state index in [4.69, 9.17) is 4.74 Å². The van der Waals surface area contributed by atoms with Crippen LogP contribution in [0.4, 0.5) is 0 Å². The third kappa shape index (κ3) is 3.58. The van der Waals surface area contributed by atoms with Crippen LogP contribution >= 0.6 is 0 Å². The predicted molar refractivity (Wildman–Crippen MR) is 124 cm³/mol. The number of unbranched alkanes of at least 4 members (excludes halogenated alkanes) is 1. The number of aliphatic hydroxyl groups is 3. The van der Waals surface area contributed by atoms with Crippen molar-refractivity contribution < 1.29 is 24.9 Å². The number of ether oxygens (including phenoxy) is 1. The first-order valence-corrected chi connectivity index (χ1v) is 13.0. The van der Waals surface area contributed by atoms with E-state index >= 15 is 0 Å². The van der Waals surface area contributed by atoms with E-state index in [1.165, 1.54) is 5.57 Å². The van der Waals surface area contributed by atoms with Gasteiger partial charge in [0.05, 0.1) is 18.8 Å². The van der Waals surface area contributed by atoms with Crippen molar-refractivity contribution in [2.45, 2.75) is 110 Å². The number of rotatable bonds is 6. The highest BCUT2D eigenvalue weighted by Crippen LogP contribution is 2.68. The van der Waals surface area contributed by atoms with Crippen molar-refractivity contribution in [1.82, 2.24) is 0 Å². The molecule has 0 radical (unpaired) electrons. The van der Waals surface area contributed by atoms with E-state index in [0.717, 1.165) is 51.4 Å². The summed E-state index contributed by atoms with van der Waals surface area (Å²) in [5.74, 6) is 0.716. The molecule has 0 heterocycles. The molecular formula is C27H44O5. The maximum atomic E-state index is 12.1. The van der Waals surface area contributed by atoms with Crippen LogP contribution in [0.15, 0.2) is 11.6 Å². The Morgan fingerprint density at radius 3 is 2.69 bits per heavy atom. The highest BCUT2D eigenvalue weighted by molar-refractivity contribution is 5.69. The van der Waals surface area contributed by atoms with Crippen LogP contribution in [0.2, 0.25) is 0 Å². The molecular weight excluding hydrogens is 404 g/mol. The van der Waals surface area contributed by atoms with Gasteiger partial charge in [0.2, 0.25) is 0 Å². The van der Waals surface area contributed by atoms with E-state index in [1.54, 1.807) is 0 Å². The molecule has 4 rings (SSSR count). The summed E-state index contributed by atoms with van der Waals surface area (Å²) in [7, 11) is 0. The molecule has 5 heteroatoms. The van der Waals surface area contributed by atoms with Gasteiger partial charge in [0, 0.05) is 17.8 Å². The van der Waals surface area contributed by atoms with Gasteiger partial charge in [-0.15, -0.1) is 0 Å². The number of aliphatic hydroxyl groups excluding tert-OH is 2. The number of carbonyl (C=O) groups is 1. The Balaban J connectivity index is 1.54. The van der Waals surface area contributed by atoms with E-state index in [1.807, 2.05) is 13.8 Å². The topological polar surface area (TPSA) is 87.0 Å². The molecule has 0 aliphatic heterocycles. The van der Waals surface area contributed by atoms with E-state index in [9.17, 15) is 20.1 Å². The van der Waals surface area contributed by atoms with Crippen LogP contribution in [-0.2, 0) is 9.53 Å². The first-order valence-electron chi connectivity index (χ1n) is 13.0. The Kier molecular flexibility index (Phi) is 6.59. The number of carbonyl (C=O) groups excluding carboxylic acids is 1. The summed E-state index contributed by atoms with van der Waals surface area (Å²) in [6.07, 6.45) is 9.75. The molecule has 0 bridgehead atoms. The Bertz CT molecular complexity index is 748. The van der Waals surface area contributed by atoms with Crippen LogP contribution in [0.3, 0.4) is 0 Å². The van der Waals surface area contributed by atoms with Gasteiger partial charge in [-0.05, 0) is 74.5 Å². The number of fused-ring (bicyclic) bond motifs is 5. The van der Waals surface area contributed by atoms with Gasteiger partial charge in [-0.1, -0.05) is 45.8 Å². The SMILES string of the molecule is CCCCC(=O)OC[C@@H](C)[C@@]1(O)[C@@H](O)C[C@H]2[C@@H]3CC=C4C[C@@H](O)CC[C@]4(C)[C@H]3CC[C@@]21C. The van der Waals surface area contributed by atoms with Gasteiger partial charge in [0.15, 0.2) is 0 Å². The van der Waals surface area contributed by atoms with Crippen LogP contribution in [0.25, 0.3) is 0 Å². The van der Waals surface area contributed by atoms with Crippen molar-refractivity contribution in [2.24, 2.45) is 34.5 Å². The molecule has 0 aromatic carbocycles. The van der Waals surface area contributed by atoms with Crippen LogP contribution in [0.1, 0.15) is 91.9 Å². The van der Waals surface area contributed by atoms with Crippen molar-refractivity contribution in [3.63, 3.8) is 0 Å². The first kappa shape index (κ1) is 24.2. The largest absolute Gasteiger partial charge is 0.465 e.